The first-order valence-corrected chi connectivity index (χ1v) is 7.42. The largest absolute Gasteiger partial charge is 0.481 e. The molecule has 2 rings (SSSR count). The first-order chi connectivity index (χ1) is 9.11. The summed E-state index contributed by atoms with van der Waals surface area (Å²) >= 11 is 0. The van der Waals surface area contributed by atoms with Gasteiger partial charge in [-0.3, -0.25) is 4.79 Å². The molecule has 3 unspecified atom stereocenters. The van der Waals surface area contributed by atoms with Crippen LogP contribution in [-0.2, 0) is 17.6 Å². The number of aliphatic carboxylic acids is 1. The predicted molar refractivity (Wildman–Crippen MR) is 77.2 cm³/mol. The molecule has 1 aromatic rings. The number of hydrogen-bond donors (Lipinski definition) is 1. The van der Waals surface area contributed by atoms with Crippen LogP contribution in [-0.4, -0.2) is 11.1 Å². The average molecular weight is 260 g/mol. The van der Waals surface area contributed by atoms with Crippen molar-refractivity contribution >= 4 is 5.97 Å². The summed E-state index contributed by atoms with van der Waals surface area (Å²) in [5, 5.41) is 8.96. The number of carbonyl (C=O) groups is 1. The van der Waals surface area contributed by atoms with E-state index in [1.165, 1.54) is 24.0 Å². The van der Waals surface area contributed by atoms with Crippen LogP contribution in [0.3, 0.4) is 0 Å². The number of carboxylic acid groups (broad SMARTS) is 1. The zero-order valence-corrected chi connectivity index (χ0v) is 11.9. The van der Waals surface area contributed by atoms with Crippen LogP contribution in [0.4, 0.5) is 0 Å². The molecule has 0 spiro atoms. The minimum Gasteiger partial charge on any atom is -0.481 e. The van der Waals surface area contributed by atoms with E-state index in [0.717, 1.165) is 19.3 Å². The second kappa shape index (κ2) is 6.23. The third kappa shape index (κ3) is 3.82. The number of hydrogen-bond acceptors (Lipinski definition) is 1. The van der Waals surface area contributed by atoms with Crippen molar-refractivity contribution in [2.45, 2.75) is 46.0 Å². The smallest absolute Gasteiger partial charge is 0.306 e. The van der Waals surface area contributed by atoms with Gasteiger partial charge in [-0.15, -0.1) is 0 Å². The summed E-state index contributed by atoms with van der Waals surface area (Å²) in [6.45, 7) is 4.39. The Hall–Kier alpha value is -1.31. The fourth-order valence-electron chi connectivity index (χ4n) is 2.87. The quantitative estimate of drug-likeness (QED) is 0.806. The highest BCUT2D eigenvalue weighted by molar-refractivity contribution is 5.73. The van der Waals surface area contributed by atoms with Crippen LogP contribution in [0.25, 0.3) is 0 Å². The van der Waals surface area contributed by atoms with Gasteiger partial charge in [-0.05, 0) is 48.6 Å². The number of benzene rings is 1. The fraction of sp³-hybridized carbons (Fsp3) is 0.588. The maximum atomic E-state index is 10.9. The topological polar surface area (TPSA) is 37.3 Å². The van der Waals surface area contributed by atoms with Crippen molar-refractivity contribution in [1.82, 2.24) is 0 Å². The molecule has 0 radical (unpaired) electrons. The van der Waals surface area contributed by atoms with Gasteiger partial charge in [-0.25, -0.2) is 0 Å². The van der Waals surface area contributed by atoms with Gasteiger partial charge >= 0.3 is 5.97 Å². The molecule has 2 nitrogen and oxygen atoms in total. The molecular formula is C17H24O2. The third-order valence-corrected chi connectivity index (χ3v) is 4.29. The maximum absolute atomic E-state index is 10.9. The summed E-state index contributed by atoms with van der Waals surface area (Å²) in [4.78, 5) is 10.9. The Balaban J connectivity index is 1.84. The Bertz CT molecular complexity index is 421. The van der Waals surface area contributed by atoms with Gasteiger partial charge in [-0.2, -0.15) is 0 Å². The Morgan fingerprint density at radius 3 is 2.47 bits per heavy atom. The monoisotopic (exact) mass is 260 g/mol. The molecule has 2 heteroatoms. The van der Waals surface area contributed by atoms with Gasteiger partial charge in [0.2, 0.25) is 0 Å². The molecule has 0 aromatic heterocycles. The predicted octanol–water partition coefficient (Wildman–Crippen LogP) is 3.93. The second-order valence-corrected chi connectivity index (χ2v) is 5.95. The van der Waals surface area contributed by atoms with Gasteiger partial charge < -0.3 is 5.11 Å². The van der Waals surface area contributed by atoms with E-state index < -0.39 is 5.97 Å². The Kier molecular flexibility index (Phi) is 4.62. The normalized spacial score (nSPS) is 23.1. The molecule has 3 atom stereocenters. The number of rotatable bonds is 7. The molecule has 1 aliphatic carbocycles. The van der Waals surface area contributed by atoms with E-state index in [2.05, 4.69) is 38.1 Å². The molecule has 0 bridgehead atoms. The summed E-state index contributed by atoms with van der Waals surface area (Å²) in [6.07, 6.45) is 5.51. The standard InChI is InChI=1S/C17H24O2/c1-3-4-5-13-6-8-14(9-7-13)10-12(2)15-11-16(15)17(18)19/h6-9,12,15-16H,3-5,10-11H2,1-2H3,(H,18,19). The van der Waals surface area contributed by atoms with Crippen molar-refractivity contribution < 1.29 is 9.90 Å². The summed E-state index contributed by atoms with van der Waals surface area (Å²) < 4.78 is 0. The van der Waals surface area contributed by atoms with Crippen molar-refractivity contribution in [2.75, 3.05) is 0 Å². The highest BCUT2D eigenvalue weighted by Crippen LogP contribution is 2.45. The lowest BCUT2D eigenvalue weighted by atomic mass is 9.94. The number of carboxylic acids is 1. The lowest BCUT2D eigenvalue weighted by Gasteiger charge is -2.11. The highest BCUT2D eigenvalue weighted by atomic mass is 16.4. The van der Waals surface area contributed by atoms with Crippen LogP contribution >= 0.6 is 0 Å². The van der Waals surface area contributed by atoms with Gasteiger partial charge in [0.05, 0.1) is 5.92 Å². The molecule has 1 N–H and O–H groups in total. The van der Waals surface area contributed by atoms with Gasteiger partial charge in [0, 0.05) is 0 Å². The van der Waals surface area contributed by atoms with E-state index in [9.17, 15) is 4.79 Å². The minimum atomic E-state index is -0.619. The van der Waals surface area contributed by atoms with E-state index in [1.807, 2.05) is 0 Å². The van der Waals surface area contributed by atoms with Crippen LogP contribution < -0.4 is 0 Å². The van der Waals surface area contributed by atoms with E-state index in [4.69, 9.17) is 5.11 Å². The molecular weight excluding hydrogens is 236 g/mol. The van der Waals surface area contributed by atoms with Crippen LogP contribution in [0.15, 0.2) is 24.3 Å². The molecule has 19 heavy (non-hydrogen) atoms. The van der Waals surface area contributed by atoms with Gasteiger partial charge in [0.15, 0.2) is 0 Å². The number of aryl methyl sites for hydroxylation is 1. The van der Waals surface area contributed by atoms with E-state index >= 15 is 0 Å². The Morgan fingerprint density at radius 1 is 1.32 bits per heavy atom. The molecule has 1 aliphatic rings. The number of unbranched alkanes of at least 4 members (excludes halogenated alkanes) is 1. The first-order valence-electron chi connectivity index (χ1n) is 7.42. The van der Waals surface area contributed by atoms with Crippen molar-refractivity contribution in [1.29, 1.82) is 0 Å². The van der Waals surface area contributed by atoms with Crippen molar-refractivity contribution in [3.8, 4) is 0 Å². The Labute approximate surface area is 115 Å². The summed E-state index contributed by atoms with van der Waals surface area (Å²) in [7, 11) is 0. The van der Waals surface area contributed by atoms with Crippen molar-refractivity contribution in [2.24, 2.45) is 17.8 Å². The fourth-order valence-corrected chi connectivity index (χ4v) is 2.87. The second-order valence-electron chi connectivity index (χ2n) is 5.95. The lowest BCUT2D eigenvalue weighted by molar-refractivity contribution is -0.139. The van der Waals surface area contributed by atoms with Gasteiger partial charge in [-0.1, -0.05) is 44.5 Å². The molecule has 1 fully saturated rings. The molecule has 0 saturated heterocycles. The summed E-state index contributed by atoms with van der Waals surface area (Å²) in [5.41, 5.74) is 2.75. The van der Waals surface area contributed by atoms with Gasteiger partial charge in [0.25, 0.3) is 0 Å². The Morgan fingerprint density at radius 2 is 1.95 bits per heavy atom. The zero-order valence-electron chi connectivity index (χ0n) is 11.9. The SMILES string of the molecule is CCCCc1ccc(CC(C)C2CC2C(=O)O)cc1. The zero-order chi connectivity index (χ0) is 13.8. The third-order valence-electron chi connectivity index (χ3n) is 4.29. The molecule has 104 valence electrons. The van der Waals surface area contributed by atoms with Crippen LogP contribution in [0.2, 0.25) is 0 Å². The minimum absolute atomic E-state index is 0.0844. The van der Waals surface area contributed by atoms with Crippen LogP contribution in [0.5, 0.6) is 0 Å². The first kappa shape index (κ1) is 14.1. The van der Waals surface area contributed by atoms with Crippen molar-refractivity contribution in [3.05, 3.63) is 35.4 Å². The van der Waals surface area contributed by atoms with E-state index in [-0.39, 0.29) is 5.92 Å². The highest BCUT2D eigenvalue weighted by Gasteiger charge is 2.45. The summed E-state index contributed by atoms with van der Waals surface area (Å²) in [6, 6.07) is 8.86. The maximum Gasteiger partial charge on any atom is 0.306 e. The molecule has 1 saturated carbocycles. The molecule has 1 aromatic carbocycles. The average Bonchev–Trinajstić information content (AvgIpc) is 3.18. The van der Waals surface area contributed by atoms with Crippen LogP contribution in [0.1, 0.15) is 44.2 Å². The lowest BCUT2D eigenvalue weighted by Crippen LogP contribution is -2.08. The summed E-state index contributed by atoms with van der Waals surface area (Å²) in [5.74, 6) is 0.158. The van der Waals surface area contributed by atoms with Crippen LogP contribution in [0, 0.1) is 17.8 Å². The molecule has 0 aliphatic heterocycles. The van der Waals surface area contributed by atoms with Gasteiger partial charge in [0.1, 0.15) is 0 Å². The molecule has 0 heterocycles. The van der Waals surface area contributed by atoms with Crippen molar-refractivity contribution in [3.63, 3.8) is 0 Å². The van der Waals surface area contributed by atoms with E-state index in [1.54, 1.807) is 0 Å². The van der Waals surface area contributed by atoms with E-state index in [0.29, 0.717) is 11.8 Å². The molecule has 0 amide bonds.